The molecule has 200 valence electrons. The first-order chi connectivity index (χ1) is 18.7. The fraction of sp³-hybridized carbons (Fsp3) is 0.406. The Labute approximate surface area is 225 Å². The number of carbonyl (C=O) groups is 1. The molecule has 1 unspecified atom stereocenters. The molecule has 6 heteroatoms. The fourth-order valence-electron chi connectivity index (χ4n) is 5.84. The van der Waals surface area contributed by atoms with Crippen molar-refractivity contribution in [2.45, 2.75) is 44.6 Å². The molecule has 3 N–H and O–H groups in total. The minimum atomic E-state index is -0.513. The van der Waals surface area contributed by atoms with E-state index in [9.17, 15) is 4.79 Å². The highest BCUT2D eigenvalue weighted by Crippen LogP contribution is 2.27. The van der Waals surface area contributed by atoms with Gasteiger partial charge in [0.05, 0.1) is 0 Å². The summed E-state index contributed by atoms with van der Waals surface area (Å²) >= 11 is 0. The van der Waals surface area contributed by atoms with Crippen LogP contribution >= 0.6 is 0 Å². The van der Waals surface area contributed by atoms with Gasteiger partial charge in [-0.15, -0.1) is 0 Å². The molecular formula is C32H39N3O3. The summed E-state index contributed by atoms with van der Waals surface area (Å²) < 4.78 is 6.35. The Bertz CT molecular complexity index is 1230. The van der Waals surface area contributed by atoms with Crippen molar-refractivity contribution in [3.05, 3.63) is 83.4 Å². The molecule has 0 radical (unpaired) electrons. The van der Waals surface area contributed by atoms with Crippen molar-refractivity contribution in [2.24, 2.45) is 5.92 Å². The van der Waals surface area contributed by atoms with Crippen LogP contribution in [-0.4, -0.2) is 54.8 Å². The van der Waals surface area contributed by atoms with Gasteiger partial charge < -0.3 is 15.0 Å². The number of hydroxylamine groups is 1. The molecule has 1 aliphatic carbocycles. The minimum absolute atomic E-state index is 0.417. The van der Waals surface area contributed by atoms with Crippen molar-refractivity contribution in [3.8, 4) is 5.75 Å². The molecule has 1 amide bonds. The Morgan fingerprint density at radius 2 is 1.76 bits per heavy atom. The van der Waals surface area contributed by atoms with Gasteiger partial charge in [0.25, 0.3) is 5.91 Å². The average molecular weight is 514 g/mol. The minimum Gasteiger partial charge on any atom is -0.489 e. The van der Waals surface area contributed by atoms with Crippen molar-refractivity contribution < 1.29 is 14.7 Å². The van der Waals surface area contributed by atoms with Crippen molar-refractivity contribution in [2.75, 3.05) is 32.8 Å². The van der Waals surface area contributed by atoms with Crippen molar-refractivity contribution in [1.29, 1.82) is 0 Å². The lowest BCUT2D eigenvalue weighted by molar-refractivity contribution is 0.0706. The molecule has 2 fully saturated rings. The molecule has 1 heterocycles. The first-order valence-electron chi connectivity index (χ1n) is 14.0. The van der Waals surface area contributed by atoms with Crippen LogP contribution in [0, 0.1) is 5.92 Å². The molecule has 1 aliphatic heterocycles. The van der Waals surface area contributed by atoms with Gasteiger partial charge in [-0.25, -0.2) is 5.48 Å². The Morgan fingerprint density at radius 3 is 2.58 bits per heavy atom. The lowest BCUT2D eigenvalue weighted by Gasteiger charge is -2.26. The molecule has 5 rings (SSSR count). The molecule has 1 atom stereocenters. The summed E-state index contributed by atoms with van der Waals surface area (Å²) in [5, 5.41) is 15.0. The van der Waals surface area contributed by atoms with E-state index in [1.54, 1.807) is 17.6 Å². The SMILES string of the molecule is O=C(NO)c1ccc(C=C(CNC2CCN(CC3CCCCC3)C2)COc2cccc3ccccc23)cc1. The van der Waals surface area contributed by atoms with E-state index < -0.39 is 5.91 Å². The summed E-state index contributed by atoms with van der Waals surface area (Å²) in [4.78, 5) is 14.4. The van der Waals surface area contributed by atoms with Crippen LogP contribution in [0.25, 0.3) is 16.8 Å². The van der Waals surface area contributed by atoms with Crippen LogP contribution in [0.15, 0.2) is 72.3 Å². The fourth-order valence-corrected chi connectivity index (χ4v) is 5.84. The van der Waals surface area contributed by atoms with Gasteiger partial charge in [0.2, 0.25) is 0 Å². The van der Waals surface area contributed by atoms with Crippen LogP contribution in [0.4, 0.5) is 0 Å². The topological polar surface area (TPSA) is 73.8 Å². The van der Waals surface area contributed by atoms with Gasteiger partial charge in [0.1, 0.15) is 12.4 Å². The molecule has 3 aromatic rings. The third kappa shape index (κ3) is 7.01. The van der Waals surface area contributed by atoms with E-state index >= 15 is 0 Å². The third-order valence-corrected chi connectivity index (χ3v) is 7.94. The second-order valence-corrected chi connectivity index (χ2v) is 10.8. The standard InChI is InChI=1S/C32H39N3O3/c36-32(34-37)28-15-13-24(14-16-28)19-26(23-38-31-12-6-10-27-9-4-5-11-30(27)31)20-33-29-17-18-35(22-29)21-25-7-2-1-3-8-25/h4-6,9-16,19,25,29,33,37H,1-3,7-8,17-18,20-23H2,(H,34,36). The molecule has 38 heavy (non-hydrogen) atoms. The number of fused-ring (bicyclic) bond motifs is 1. The zero-order valence-corrected chi connectivity index (χ0v) is 22.1. The van der Waals surface area contributed by atoms with Crippen molar-refractivity contribution >= 4 is 22.8 Å². The zero-order valence-electron chi connectivity index (χ0n) is 22.1. The highest BCUT2D eigenvalue weighted by atomic mass is 16.5. The number of hydrogen-bond acceptors (Lipinski definition) is 5. The summed E-state index contributed by atoms with van der Waals surface area (Å²) in [5.74, 6) is 1.24. The number of rotatable bonds is 10. The van der Waals surface area contributed by atoms with Crippen molar-refractivity contribution in [3.63, 3.8) is 0 Å². The molecule has 3 aromatic carbocycles. The van der Waals surface area contributed by atoms with Gasteiger partial charge in [0, 0.05) is 36.6 Å². The first-order valence-corrected chi connectivity index (χ1v) is 14.0. The lowest BCUT2D eigenvalue weighted by Crippen LogP contribution is -2.36. The van der Waals surface area contributed by atoms with Gasteiger partial charge in [-0.05, 0) is 66.4 Å². The molecule has 1 saturated carbocycles. The number of carbonyl (C=O) groups excluding carboxylic acids is 1. The van der Waals surface area contributed by atoms with Crippen LogP contribution in [0.2, 0.25) is 0 Å². The number of nitrogens with one attached hydrogen (secondary N) is 2. The number of amides is 1. The van der Waals surface area contributed by atoms with Crippen LogP contribution in [-0.2, 0) is 0 Å². The Hall–Kier alpha value is -3.19. The van der Waals surface area contributed by atoms with E-state index in [0.717, 1.165) is 46.7 Å². The molecule has 2 aliphatic rings. The monoisotopic (exact) mass is 513 g/mol. The number of likely N-dealkylation sites (tertiary alicyclic amines) is 1. The Morgan fingerprint density at radius 1 is 0.974 bits per heavy atom. The number of nitrogens with zero attached hydrogens (tertiary/aromatic N) is 1. The highest BCUT2D eigenvalue weighted by Gasteiger charge is 2.25. The van der Waals surface area contributed by atoms with E-state index in [1.807, 2.05) is 36.4 Å². The predicted molar refractivity (Wildman–Crippen MR) is 153 cm³/mol. The van der Waals surface area contributed by atoms with Gasteiger partial charge in [-0.1, -0.05) is 73.9 Å². The average Bonchev–Trinajstić information content (AvgIpc) is 3.42. The quantitative estimate of drug-likeness (QED) is 0.241. The molecule has 1 saturated heterocycles. The van der Waals surface area contributed by atoms with E-state index in [2.05, 4.69) is 34.5 Å². The van der Waals surface area contributed by atoms with Crippen LogP contribution in [0.1, 0.15) is 54.4 Å². The van der Waals surface area contributed by atoms with Gasteiger partial charge in [0.15, 0.2) is 0 Å². The smallest absolute Gasteiger partial charge is 0.274 e. The second-order valence-electron chi connectivity index (χ2n) is 10.8. The highest BCUT2D eigenvalue weighted by molar-refractivity contribution is 5.93. The maximum absolute atomic E-state index is 11.7. The molecule has 0 spiro atoms. The predicted octanol–water partition coefficient (Wildman–Crippen LogP) is 5.67. The summed E-state index contributed by atoms with van der Waals surface area (Å²) in [6, 6.07) is 22.1. The summed E-state index contributed by atoms with van der Waals surface area (Å²) in [6.45, 7) is 4.75. The van der Waals surface area contributed by atoms with Gasteiger partial charge >= 0.3 is 0 Å². The van der Waals surface area contributed by atoms with Gasteiger partial charge in [-0.2, -0.15) is 0 Å². The van der Waals surface area contributed by atoms with Crippen LogP contribution in [0.5, 0.6) is 5.75 Å². The molecule has 0 bridgehead atoms. The number of ether oxygens (including phenoxy) is 1. The number of benzene rings is 3. The first kappa shape index (κ1) is 26.4. The van der Waals surface area contributed by atoms with Crippen LogP contribution in [0.3, 0.4) is 0 Å². The summed E-state index contributed by atoms with van der Waals surface area (Å²) in [6.07, 6.45) is 10.3. The van der Waals surface area contributed by atoms with E-state index in [-0.39, 0.29) is 0 Å². The lowest BCUT2D eigenvalue weighted by atomic mass is 9.89. The molecular weight excluding hydrogens is 474 g/mol. The van der Waals surface area contributed by atoms with Gasteiger partial charge in [-0.3, -0.25) is 10.0 Å². The van der Waals surface area contributed by atoms with Crippen molar-refractivity contribution in [1.82, 2.24) is 15.7 Å². The normalized spacial score (nSPS) is 19.1. The molecule has 6 nitrogen and oxygen atoms in total. The number of hydrogen-bond donors (Lipinski definition) is 3. The van der Waals surface area contributed by atoms with Crippen LogP contribution < -0.4 is 15.5 Å². The second kappa shape index (κ2) is 13.1. The third-order valence-electron chi connectivity index (χ3n) is 7.94. The maximum Gasteiger partial charge on any atom is 0.274 e. The molecule has 0 aromatic heterocycles. The Kier molecular flexibility index (Phi) is 9.07. The summed E-state index contributed by atoms with van der Waals surface area (Å²) in [7, 11) is 0. The Balaban J connectivity index is 1.25. The van der Waals surface area contributed by atoms with E-state index in [0.29, 0.717) is 18.2 Å². The van der Waals surface area contributed by atoms with E-state index in [1.165, 1.54) is 51.6 Å². The largest absolute Gasteiger partial charge is 0.489 e. The van der Waals surface area contributed by atoms with E-state index in [4.69, 9.17) is 9.94 Å². The summed E-state index contributed by atoms with van der Waals surface area (Å²) in [5.41, 5.74) is 4.23. The zero-order chi connectivity index (χ0) is 26.2. The maximum atomic E-state index is 11.7.